The van der Waals surface area contributed by atoms with Crippen LogP contribution in [-0.2, 0) is 0 Å². The first kappa shape index (κ1) is 11.5. The number of hydrogen-bond acceptors (Lipinski definition) is 4. The molecule has 1 aliphatic carbocycles. The lowest BCUT2D eigenvalue weighted by atomic mass is 10.1. The van der Waals surface area contributed by atoms with E-state index >= 15 is 0 Å². The van der Waals surface area contributed by atoms with Crippen LogP contribution in [0.4, 0.5) is 11.4 Å². The molecule has 1 aromatic rings. The van der Waals surface area contributed by atoms with Gasteiger partial charge in [-0.15, -0.1) is 0 Å². The largest absolute Gasteiger partial charge is 0.366 e. The molecule has 0 bridgehead atoms. The number of fused-ring (bicyclic) bond motifs is 1. The zero-order valence-electron chi connectivity index (χ0n) is 10.2. The molecule has 2 aliphatic rings. The molecule has 1 saturated carbocycles. The van der Waals surface area contributed by atoms with Crippen LogP contribution in [0.3, 0.4) is 0 Å². The fraction of sp³-hybridized carbons (Fsp3) is 0.538. The SMILES string of the molecule is N[C@@H]1CN(C2CCCC2)c2ccc([N+](=O)[O-])cc21. The van der Waals surface area contributed by atoms with E-state index in [1.54, 1.807) is 12.1 Å². The van der Waals surface area contributed by atoms with E-state index in [0.717, 1.165) is 17.8 Å². The third-order valence-electron chi connectivity index (χ3n) is 4.09. The number of benzene rings is 1. The Morgan fingerprint density at radius 1 is 1.33 bits per heavy atom. The summed E-state index contributed by atoms with van der Waals surface area (Å²) in [6, 6.07) is 5.55. The minimum atomic E-state index is -0.356. The highest BCUT2D eigenvalue weighted by atomic mass is 16.6. The predicted octanol–water partition coefficient (Wildman–Crippen LogP) is 2.36. The third kappa shape index (κ3) is 1.75. The molecule has 0 saturated heterocycles. The van der Waals surface area contributed by atoms with E-state index in [1.807, 2.05) is 6.07 Å². The van der Waals surface area contributed by atoms with E-state index in [4.69, 9.17) is 5.73 Å². The Labute approximate surface area is 106 Å². The van der Waals surface area contributed by atoms with Crippen LogP contribution < -0.4 is 10.6 Å². The van der Waals surface area contributed by atoms with Crippen LogP contribution in [0.15, 0.2) is 18.2 Å². The predicted molar refractivity (Wildman–Crippen MR) is 69.6 cm³/mol. The first-order valence-corrected chi connectivity index (χ1v) is 6.47. The zero-order chi connectivity index (χ0) is 12.7. The van der Waals surface area contributed by atoms with Gasteiger partial charge in [0, 0.05) is 42.0 Å². The molecule has 0 unspecified atom stereocenters. The van der Waals surface area contributed by atoms with Crippen LogP contribution in [0.2, 0.25) is 0 Å². The monoisotopic (exact) mass is 247 g/mol. The molecule has 96 valence electrons. The van der Waals surface area contributed by atoms with Crippen molar-refractivity contribution in [3.63, 3.8) is 0 Å². The van der Waals surface area contributed by atoms with Gasteiger partial charge in [-0.05, 0) is 18.9 Å². The summed E-state index contributed by atoms with van der Waals surface area (Å²) >= 11 is 0. The molecule has 0 aromatic heterocycles. The second-order valence-corrected chi connectivity index (χ2v) is 5.20. The fourth-order valence-corrected chi connectivity index (χ4v) is 3.18. The Bertz CT molecular complexity index is 483. The maximum atomic E-state index is 10.8. The summed E-state index contributed by atoms with van der Waals surface area (Å²) in [5, 5.41) is 10.8. The molecule has 1 heterocycles. The van der Waals surface area contributed by atoms with Crippen LogP contribution in [0.5, 0.6) is 0 Å². The van der Waals surface area contributed by atoms with Gasteiger partial charge in [0.1, 0.15) is 0 Å². The van der Waals surface area contributed by atoms with E-state index in [0.29, 0.717) is 6.04 Å². The number of hydrogen-bond donors (Lipinski definition) is 1. The third-order valence-corrected chi connectivity index (χ3v) is 4.09. The average Bonchev–Trinajstić information content (AvgIpc) is 2.97. The van der Waals surface area contributed by atoms with Crippen molar-refractivity contribution < 1.29 is 4.92 Å². The van der Waals surface area contributed by atoms with Crippen LogP contribution >= 0.6 is 0 Å². The number of non-ortho nitro benzene ring substituents is 1. The number of nitro groups is 1. The summed E-state index contributed by atoms with van der Waals surface area (Å²) < 4.78 is 0. The Hall–Kier alpha value is -1.62. The summed E-state index contributed by atoms with van der Waals surface area (Å²) in [5.74, 6) is 0. The van der Waals surface area contributed by atoms with E-state index in [2.05, 4.69) is 4.90 Å². The van der Waals surface area contributed by atoms with Gasteiger partial charge in [-0.2, -0.15) is 0 Å². The van der Waals surface area contributed by atoms with Gasteiger partial charge < -0.3 is 10.6 Å². The Morgan fingerprint density at radius 3 is 2.72 bits per heavy atom. The number of nitrogens with two attached hydrogens (primary N) is 1. The van der Waals surface area contributed by atoms with Crippen molar-refractivity contribution in [2.75, 3.05) is 11.4 Å². The van der Waals surface area contributed by atoms with Gasteiger partial charge in [0.2, 0.25) is 0 Å². The molecule has 1 fully saturated rings. The summed E-state index contributed by atoms with van der Waals surface area (Å²) in [6.45, 7) is 0.793. The first-order chi connectivity index (χ1) is 8.66. The molecule has 0 spiro atoms. The molecule has 0 radical (unpaired) electrons. The van der Waals surface area contributed by atoms with E-state index in [1.165, 1.54) is 25.7 Å². The van der Waals surface area contributed by atoms with E-state index in [9.17, 15) is 10.1 Å². The van der Waals surface area contributed by atoms with Crippen molar-refractivity contribution in [3.05, 3.63) is 33.9 Å². The second kappa shape index (κ2) is 4.24. The normalized spacial score (nSPS) is 23.4. The molecular formula is C13H17N3O2. The highest BCUT2D eigenvalue weighted by Gasteiger charge is 2.33. The van der Waals surface area contributed by atoms with Crippen molar-refractivity contribution in [1.29, 1.82) is 0 Å². The Morgan fingerprint density at radius 2 is 2.06 bits per heavy atom. The van der Waals surface area contributed by atoms with Crippen molar-refractivity contribution in [1.82, 2.24) is 0 Å². The smallest absolute Gasteiger partial charge is 0.269 e. The molecule has 0 amide bonds. The highest BCUT2D eigenvalue weighted by Crippen LogP contribution is 2.40. The number of rotatable bonds is 2. The number of nitrogens with zero attached hydrogens (tertiary/aromatic N) is 2. The quantitative estimate of drug-likeness (QED) is 0.643. The van der Waals surface area contributed by atoms with Gasteiger partial charge in [0.25, 0.3) is 5.69 Å². The maximum absolute atomic E-state index is 10.8. The lowest BCUT2D eigenvalue weighted by molar-refractivity contribution is -0.384. The molecule has 1 atom stereocenters. The molecule has 5 nitrogen and oxygen atoms in total. The van der Waals surface area contributed by atoms with Gasteiger partial charge in [-0.25, -0.2) is 0 Å². The van der Waals surface area contributed by atoms with Crippen LogP contribution in [0.25, 0.3) is 0 Å². The second-order valence-electron chi connectivity index (χ2n) is 5.20. The minimum absolute atomic E-state index is 0.0968. The number of nitro benzene ring substituents is 1. The zero-order valence-corrected chi connectivity index (χ0v) is 10.2. The molecule has 1 aliphatic heterocycles. The summed E-state index contributed by atoms with van der Waals surface area (Å²) in [5.41, 5.74) is 8.27. The van der Waals surface area contributed by atoms with Gasteiger partial charge in [-0.1, -0.05) is 12.8 Å². The summed E-state index contributed by atoms with van der Waals surface area (Å²) in [7, 11) is 0. The Balaban J connectivity index is 1.95. The average molecular weight is 247 g/mol. The first-order valence-electron chi connectivity index (χ1n) is 6.47. The molecule has 18 heavy (non-hydrogen) atoms. The van der Waals surface area contributed by atoms with Crippen molar-refractivity contribution in [2.45, 2.75) is 37.8 Å². The molecular weight excluding hydrogens is 230 g/mol. The summed E-state index contributed by atoms with van der Waals surface area (Å²) in [6.07, 6.45) is 4.98. The highest BCUT2D eigenvalue weighted by molar-refractivity contribution is 5.63. The van der Waals surface area contributed by atoms with Gasteiger partial charge >= 0.3 is 0 Å². The van der Waals surface area contributed by atoms with Gasteiger partial charge in [0.15, 0.2) is 0 Å². The molecule has 3 rings (SSSR count). The lowest BCUT2D eigenvalue weighted by Gasteiger charge is -2.26. The maximum Gasteiger partial charge on any atom is 0.269 e. The standard InChI is InChI=1S/C13H17N3O2/c14-12-8-15(9-3-1-2-4-9)13-6-5-10(16(17)18)7-11(12)13/h5-7,9,12H,1-4,8,14H2/t12-/m1/s1. The minimum Gasteiger partial charge on any atom is -0.366 e. The Kier molecular flexibility index (Phi) is 2.70. The van der Waals surface area contributed by atoms with E-state index < -0.39 is 0 Å². The van der Waals surface area contributed by atoms with Crippen molar-refractivity contribution >= 4 is 11.4 Å². The fourth-order valence-electron chi connectivity index (χ4n) is 3.18. The molecule has 1 aromatic carbocycles. The van der Waals surface area contributed by atoms with Crippen LogP contribution in [0, 0.1) is 10.1 Å². The van der Waals surface area contributed by atoms with Gasteiger partial charge in [0.05, 0.1) is 4.92 Å². The topological polar surface area (TPSA) is 72.4 Å². The lowest BCUT2D eigenvalue weighted by Crippen LogP contribution is -2.33. The molecule has 2 N–H and O–H groups in total. The molecule has 5 heteroatoms. The summed E-state index contributed by atoms with van der Waals surface area (Å²) in [4.78, 5) is 12.8. The van der Waals surface area contributed by atoms with Crippen LogP contribution in [-0.4, -0.2) is 17.5 Å². The van der Waals surface area contributed by atoms with Crippen molar-refractivity contribution in [3.8, 4) is 0 Å². The number of anilines is 1. The van der Waals surface area contributed by atoms with E-state index in [-0.39, 0.29) is 16.7 Å². The van der Waals surface area contributed by atoms with Crippen LogP contribution in [0.1, 0.15) is 37.3 Å². The van der Waals surface area contributed by atoms with Crippen molar-refractivity contribution in [2.24, 2.45) is 5.73 Å². The van der Waals surface area contributed by atoms with Gasteiger partial charge in [-0.3, -0.25) is 10.1 Å².